The van der Waals surface area contributed by atoms with Crippen molar-refractivity contribution in [2.24, 2.45) is 5.92 Å². The van der Waals surface area contributed by atoms with Crippen LogP contribution in [0.2, 0.25) is 0 Å². The monoisotopic (exact) mass is 457 g/mol. The molecule has 1 aromatic carbocycles. The zero-order valence-electron chi connectivity index (χ0n) is 17.7. The summed E-state index contributed by atoms with van der Waals surface area (Å²) >= 11 is 0. The van der Waals surface area contributed by atoms with E-state index >= 15 is 0 Å². The third-order valence-electron chi connectivity index (χ3n) is 5.22. The molecule has 6 nitrogen and oxygen atoms in total. The van der Waals surface area contributed by atoms with Crippen LogP contribution in [-0.4, -0.2) is 36.0 Å². The molecule has 10 heteroatoms. The summed E-state index contributed by atoms with van der Waals surface area (Å²) in [7, 11) is 3.85. The molecule has 1 heterocycles. The zero-order valence-corrected chi connectivity index (χ0v) is 18.5. The van der Waals surface area contributed by atoms with Gasteiger partial charge in [0.15, 0.2) is 17.5 Å². The Balaban J connectivity index is 0.00000341. The molecule has 0 saturated heterocycles. The number of aromatic nitrogens is 2. The number of benzene rings is 1. The van der Waals surface area contributed by atoms with Crippen molar-refractivity contribution >= 4 is 35.6 Å². The summed E-state index contributed by atoms with van der Waals surface area (Å²) in [6.07, 6.45) is 3.73. The maximum Gasteiger partial charge on any atom is 0.224 e. The Bertz CT molecular complexity index is 897. The minimum absolute atomic E-state index is 0. The fraction of sp³-hybridized carbons (Fsp3) is 0.476. The zero-order chi connectivity index (χ0) is 21.8. The highest BCUT2D eigenvalue weighted by Gasteiger charge is 2.24. The summed E-state index contributed by atoms with van der Waals surface area (Å²) in [5, 5.41) is 5.90. The highest BCUT2D eigenvalue weighted by atomic mass is 35.5. The van der Waals surface area contributed by atoms with E-state index < -0.39 is 17.5 Å². The summed E-state index contributed by atoms with van der Waals surface area (Å²) in [5.41, 5.74) is -0.0809. The summed E-state index contributed by atoms with van der Waals surface area (Å²) < 4.78 is 39.6. The Labute approximate surface area is 186 Å². The molecular formula is C21H27ClF3N5O. The molecule has 0 spiro atoms. The number of nitrogens with zero attached hydrogens (tertiary/aromatic N) is 3. The van der Waals surface area contributed by atoms with Crippen molar-refractivity contribution in [3.05, 3.63) is 41.5 Å². The molecule has 0 bridgehead atoms. The maximum atomic E-state index is 13.3. The maximum absolute atomic E-state index is 13.3. The summed E-state index contributed by atoms with van der Waals surface area (Å²) in [6.45, 7) is 1.85. The van der Waals surface area contributed by atoms with Crippen LogP contribution in [0.15, 0.2) is 18.2 Å². The first-order valence-electron chi connectivity index (χ1n) is 9.95. The van der Waals surface area contributed by atoms with Gasteiger partial charge in [0, 0.05) is 50.4 Å². The first kappa shape index (κ1) is 24.7. The van der Waals surface area contributed by atoms with E-state index in [0.717, 1.165) is 49.5 Å². The molecule has 1 saturated carbocycles. The predicted molar refractivity (Wildman–Crippen MR) is 117 cm³/mol. The molecule has 1 aliphatic rings. The van der Waals surface area contributed by atoms with Crippen LogP contribution in [0.25, 0.3) is 0 Å². The Hall–Kier alpha value is -2.55. The van der Waals surface area contributed by atoms with Gasteiger partial charge in [0.25, 0.3) is 0 Å². The van der Waals surface area contributed by atoms with Crippen molar-refractivity contribution in [2.75, 3.05) is 29.6 Å². The quantitative estimate of drug-likeness (QED) is 0.616. The smallest absolute Gasteiger partial charge is 0.224 e. The molecule has 170 valence electrons. The molecule has 0 radical (unpaired) electrons. The minimum atomic E-state index is -1.55. The number of amides is 1. The van der Waals surface area contributed by atoms with Crippen LogP contribution in [0, 0.1) is 30.3 Å². The number of hydrogen-bond acceptors (Lipinski definition) is 5. The highest BCUT2D eigenvalue weighted by molar-refractivity contribution is 5.90. The third kappa shape index (κ3) is 6.72. The van der Waals surface area contributed by atoms with E-state index in [1.54, 1.807) is 0 Å². The number of carbonyl (C=O) groups is 1. The predicted octanol–water partition coefficient (Wildman–Crippen LogP) is 4.69. The number of anilines is 3. The SMILES string of the molecule is Cc1nc(NC2CCC(CC(=O)Nc3cc(F)c(F)c(F)c3)CC2)cc(N(C)C)n1.Cl. The lowest BCUT2D eigenvalue weighted by Gasteiger charge is -2.29. The molecule has 3 rings (SSSR count). The number of halogens is 4. The molecule has 1 amide bonds. The van der Waals surface area contributed by atoms with Crippen LogP contribution in [0.1, 0.15) is 37.9 Å². The van der Waals surface area contributed by atoms with Crippen molar-refractivity contribution in [1.29, 1.82) is 0 Å². The Kier molecular flexibility index (Phi) is 8.50. The number of hydrogen-bond donors (Lipinski definition) is 2. The van der Waals surface area contributed by atoms with Gasteiger partial charge in [0.05, 0.1) is 0 Å². The first-order valence-corrected chi connectivity index (χ1v) is 9.95. The average Bonchev–Trinajstić information content (AvgIpc) is 2.67. The van der Waals surface area contributed by atoms with Gasteiger partial charge >= 0.3 is 0 Å². The van der Waals surface area contributed by atoms with Crippen molar-refractivity contribution < 1.29 is 18.0 Å². The Morgan fingerprint density at radius 3 is 2.26 bits per heavy atom. The van der Waals surface area contributed by atoms with E-state index in [2.05, 4.69) is 20.6 Å². The second kappa shape index (κ2) is 10.7. The van der Waals surface area contributed by atoms with E-state index in [4.69, 9.17) is 0 Å². The van der Waals surface area contributed by atoms with Crippen LogP contribution < -0.4 is 15.5 Å². The Morgan fingerprint density at radius 1 is 1.06 bits per heavy atom. The highest BCUT2D eigenvalue weighted by Crippen LogP contribution is 2.29. The summed E-state index contributed by atoms with van der Waals surface area (Å²) in [6, 6.07) is 3.73. The van der Waals surface area contributed by atoms with Gasteiger partial charge in [-0.15, -0.1) is 12.4 Å². The van der Waals surface area contributed by atoms with Crippen LogP contribution in [0.3, 0.4) is 0 Å². The lowest BCUT2D eigenvalue weighted by molar-refractivity contribution is -0.117. The van der Waals surface area contributed by atoms with Crippen LogP contribution in [-0.2, 0) is 4.79 Å². The number of rotatable bonds is 6. The van der Waals surface area contributed by atoms with E-state index in [9.17, 15) is 18.0 Å². The van der Waals surface area contributed by atoms with Gasteiger partial charge in [0.2, 0.25) is 5.91 Å². The average molecular weight is 458 g/mol. The fourth-order valence-corrected chi connectivity index (χ4v) is 3.68. The van der Waals surface area contributed by atoms with E-state index in [-0.39, 0.29) is 42.4 Å². The second-order valence-electron chi connectivity index (χ2n) is 7.92. The molecule has 2 N–H and O–H groups in total. The molecule has 31 heavy (non-hydrogen) atoms. The molecule has 1 aliphatic carbocycles. The van der Waals surface area contributed by atoms with Gasteiger partial charge in [-0.3, -0.25) is 4.79 Å². The van der Waals surface area contributed by atoms with Crippen molar-refractivity contribution in [3.8, 4) is 0 Å². The van der Waals surface area contributed by atoms with Crippen molar-refractivity contribution in [1.82, 2.24) is 9.97 Å². The standard InChI is InChI=1S/C21H26F3N5O.ClH/c1-12-25-18(11-19(26-12)29(2)3)27-14-6-4-13(5-7-14)8-20(30)28-15-9-16(22)21(24)17(23)10-15;/h9-11,13-14H,4-8H2,1-3H3,(H,28,30)(H,25,26,27);1H. The third-order valence-corrected chi connectivity index (χ3v) is 5.22. The Morgan fingerprint density at radius 2 is 1.68 bits per heavy atom. The van der Waals surface area contributed by atoms with Gasteiger partial charge in [-0.1, -0.05) is 0 Å². The molecule has 0 atom stereocenters. The fourth-order valence-electron chi connectivity index (χ4n) is 3.68. The van der Waals surface area contributed by atoms with Crippen LogP contribution >= 0.6 is 12.4 Å². The van der Waals surface area contributed by atoms with Crippen molar-refractivity contribution in [2.45, 2.75) is 45.1 Å². The van der Waals surface area contributed by atoms with E-state index in [1.807, 2.05) is 32.0 Å². The van der Waals surface area contributed by atoms with Gasteiger partial charge < -0.3 is 15.5 Å². The molecular weight excluding hydrogens is 431 g/mol. The minimum Gasteiger partial charge on any atom is -0.367 e. The number of carbonyl (C=O) groups excluding carboxylic acids is 1. The molecule has 1 aromatic heterocycles. The second-order valence-corrected chi connectivity index (χ2v) is 7.92. The van der Waals surface area contributed by atoms with Crippen molar-refractivity contribution in [3.63, 3.8) is 0 Å². The van der Waals surface area contributed by atoms with E-state index in [1.165, 1.54) is 0 Å². The largest absolute Gasteiger partial charge is 0.367 e. The lowest BCUT2D eigenvalue weighted by Crippen LogP contribution is -2.28. The lowest BCUT2D eigenvalue weighted by atomic mass is 9.84. The molecule has 1 fully saturated rings. The van der Waals surface area contributed by atoms with Gasteiger partial charge in [0.1, 0.15) is 17.5 Å². The van der Waals surface area contributed by atoms with Crippen LogP contribution in [0.5, 0.6) is 0 Å². The molecule has 0 aliphatic heterocycles. The van der Waals surface area contributed by atoms with E-state index in [0.29, 0.717) is 5.82 Å². The summed E-state index contributed by atoms with van der Waals surface area (Å²) in [5.74, 6) is -2.03. The summed E-state index contributed by atoms with van der Waals surface area (Å²) in [4.78, 5) is 23.0. The molecule has 2 aromatic rings. The molecule has 0 unspecified atom stereocenters. The normalized spacial score (nSPS) is 18.1. The number of nitrogens with one attached hydrogen (secondary N) is 2. The van der Waals surface area contributed by atoms with Gasteiger partial charge in [-0.2, -0.15) is 0 Å². The number of aryl methyl sites for hydroxylation is 1. The van der Waals surface area contributed by atoms with Crippen LogP contribution in [0.4, 0.5) is 30.5 Å². The first-order chi connectivity index (χ1) is 14.2. The topological polar surface area (TPSA) is 70.2 Å². The van der Waals surface area contributed by atoms with Gasteiger partial charge in [-0.25, -0.2) is 23.1 Å². The van der Waals surface area contributed by atoms with Gasteiger partial charge in [-0.05, 0) is 38.5 Å².